The van der Waals surface area contributed by atoms with Gasteiger partial charge >= 0.3 is 0 Å². The monoisotopic (exact) mass is 481 g/mol. The van der Waals surface area contributed by atoms with Crippen molar-refractivity contribution in [1.29, 1.82) is 5.26 Å². The summed E-state index contributed by atoms with van der Waals surface area (Å²) >= 11 is 1.45. The highest BCUT2D eigenvalue weighted by molar-refractivity contribution is 7.24. The number of nitrogens with one attached hydrogen (secondary N) is 1. The molecule has 1 aliphatic rings. The lowest BCUT2D eigenvalue weighted by atomic mass is 9.98. The van der Waals surface area contributed by atoms with Crippen LogP contribution in [0.25, 0.3) is 21.3 Å². The number of fused-ring (bicyclic) bond motifs is 1. The number of carbonyl (C=O) groups excluding carboxylic acids is 1. The van der Waals surface area contributed by atoms with E-state index in [9.17, 15) is 10.1 Å². The summed E-state index contributed by atoms with van der Waals surface area (Å²) in [5.74, 6) is 0.0972. The zero-order valence-electron chi connectivity index (χ0n) is 19.9. The van der Waals surface area contributed by atoms with Gasteiger partial charge in [0.25, 0.3) is 5.91 Å². The van der Waals surface area contributed by atoms with Gasteiger partial charge in [0.2, 0.25) is 0 Å². The molecular weight excluding hydrogens is 454 g/mol. The average Bonchev–Trinajstić information content (AvgIpc) is 3.22. The largest absolute Gasteiger partial charge is 0.383 e. The maximum Gasteiger partial charge on any atom is 0.259 e. The summed E-state index contributed by atoms with van der Waals surface area (Å²) in [5.41, 5.74) is 12.5. The molecule has 0 aliphatic carbocycles. The first kappa shape index (κ1) is 22.9. The lowest BCUT2D eigenvalue weighted by molar-refractivity contribution is 0.0727. The van der Waals surface area contributed by atoms with Gasteiger partial charge in [-0.25, -0.2) is 4.98 Å². The molecule has 0 bridgehead atoms. The van der Waals surface area contributed by atoms with Gasteiger partial charge in [-0.1, -0.05) is 47.5 Å². The minimum absolute atomic E-state index is 0.0444. The summed E-state index contributed by atoms with van der Waals surface area (Å²) in [4.78, 5) is 20.4. The molecule has 0 atom stereocenters. The van der Waals surface area contributed by atoms with Crippen LogP contribution in [0.2, 0.25) is 0 Å². The zero-order chi connectivity index (χ0) is 24.5. The van der Waals surface area contributed by atoms with Crippen molar-refractivity contribution in [2.75, 3.05) is 24.1 Å². The molecule has 6 nitrogen and oxygen atoms in total. The summed E-state index contributed by atoms with van der Waals surface area (Å²) < 4.78 is 0.787. The van der Waals surface area contributed by atoms with E-state index in [1.54, 1.807) is 0 Å². The van der Waals surface area contributed by atoms with Gasteiger partial charge in [-0.2, -0.15) is 5.26 Å². The van der Waals surface area contributed by atoms with Crippen molar-refractivity contribution in [2.45, 2.75) is 33.1 Å². The van der Waals surface area contributed by atoms with Gasteiger partial charge in [-0.05, 0) is 50.8 Å². The molecule has 3 heterocycles. The Balaban J connectivity index is 1.76. The second kappa shape index (κ2) is 9.40. The number of rotatable bonds is 4. The van der Waals surface area contributed by atoms with E-state index >= 15 is 0 Å². The fraction of sp³-hybridized carbons (Fsp3) is 0.250. The van der Waals surface area contributed by atoms with E-state index in [4.69, 9.17) is 5.73 Å². The Hall–Kier alpha value is -3.89. The van der Waals surface area contributed by atoms with E-state index in [-0.39, 0.29) is 11.7 Å². The van der Waals surface area contributed by atoms with E-state index in [2.05, 4.69) is 16.4 Å². The number of likely N-dealkylation sites (tertiary alicyclic amines) is 1. The van der Waals surface area contributed by atoms with E-state index in [0.29, 0.717) is 16.6 Å². The molecule has 4 aromatic rings. The van der Waals surface area contributed by atoms with Gasteiger partial charge in [0.15, 0.2) is 0 Å². The number of hydrogen-bond donors (Lipinski definition) is 2. The van der Waals surface area contributed by atoms with Crippen LogP contribution in [0.1, 0.15) is 46.3 Å². The molecule has 2 aromatic carbocycles. The number of piperidine rings is 1. The van der Waals surface area contributed by atoms with Crippen molar-refractivity contribution < 1.29 is 4.79 Å². The lowest BCUT2D eigenvalue weighted by Crippen LogP contribution is -2.35. The van der Waals surface area contributed by atoms with Crippen molar-refractivity contribution >= 4 is 44.0 Å². The number of nitriles is 1. The third-order valence-electron chi connectivity index (χ3n) is 6.47. The predicted octanol–water partition coefficient (Wildman–Crippen LogP) is 6.40. The molecule has 1 amide bonds. The average molecular weight is 482 g/mol. The van der Waals surface area contributed by atoms with Crippen LogP contribution in [-0.2, 0) is 0 Å². The first-order valence-corrected chi connectivity index (χ1v) is 12.6. The second-order valence-corrected chi connectivity index (χ2v) is 10.1. The number of carbonyl (C=O) groups is 1. The summed E-state index contributed by atoms with van der Waals surface area (Å²) in [7, 11) is 0. The number of nitrogens with two attached hydrogens (primary N) is 1. The second-order valence-electron chi connectivity index (χ2n) is 9.05. The molecule has 35 heavy (non-hydrogen) atoms. The fourth-order valence-electron chi connectivity index (χ4n) is 4.53. The van der Waals surface area contributed by atoms with Gasteiger partial charge in [0, 0.05) is 24.3 Å². The molecule has 0 unspecified atom stereocenters. The Morgan fingerprint density at radius 3 is 2.29 bits per heavy atom. The Morgan fingerprint density at radius 2 is 1.66 bits per heavy atom. The number of hydrogen-bond acceptors (Lipinski definition) is 6. The Labute approximate surface area is 209 Å². The van der Waals surface area contributed by atoms with Crippen LogP contribution in [-0.4, -0.2) is 28.9 Å². The molecule has 5 rings (SSSR count). The third-order valence-corrected chi connectivity index (χ3v) is 7.58. The van der Waals surface area contributed by atoms with Crippen LogP contribution in [0.4, 0.5) is 16.5 Å². The predicted molar refractivity (Wildman–Crippen MR) is 143 cm³/mol. The molecule has 1 saturated heterocycles. The summed E-state index contributed by atoms with van der Waals surface area (Å²) in [6, 6.07) is 18.3. The van der Waals surface area contributed by atoms with Crippen molar-refractivity contribution in [3.8, 4) is 17.2 Å². The Bertz CT molecular complexity index is 1440. The molecular formula is C28H27N5OS. The van der Waals surface area contributed by atoms with Crippen molar-refractivity contribution in [1.82, 2.24) is 9.88 Å². The smallest absolute Gasteiger partial charge is 0.259 e. The van der Waals surface area contributed by atoms with Crippen LogP contribution in [0, 0.1) is 25.2 Å². The Morgan fingerprint density at radius 1 is 1.03 bits per heavy atom. The third kappa shape index (κ3) is 4.33. The molecule has 0 spiro atoms. The highest BCUT2D eigenvalue weighted by atomic mass is 32.1. The number of amides is 1. The molecule has 1 aliphatic heterocycles. The molecule has 0 saturated carbocycles. The van der Waals surface area contributed by atoms with Gasteiger partial charge in [0.1, 0.15) is 28.0 Å². The SMILES string of the molecule is Cc1ccc(Nc2sc3c(-c4ccc(C)cc4)c(C#N)c(N)nc3c2C(=O)N2CCCCC2)cc1. The number of nitrogen functional groups attached to an aromatic ring is 1. The number of aromatic nitrogens is 1. The van der Waals surface area contributed by atoms with Gasteiger partial charge in [-0.3, -0.25) is 4.79 Å². The van der Waals surface area contributed by atoms with E-state index < -0.39 is 0 Å². The lowest BCUT2D eigenvalue weighted by Gasteiger charge is -2.27. The number of aryl methyl sites for hydroxylation is 2. The topological polar surface area (TPSA) is 95.0 Å². The van der Waals surface area contributed by atoms with Crippen LogP contribution < -0.4 is 11.1 Å². The summed E-state index contributed by atoms with van der Waals surface area (Å²) in [6.07, 6.45) is 3.13. The minimum atomic E-state index is -0.0444. The fourth-order valence-corrected chi connectivity index (χ4v) is 5.76. The first-order valence-electron chi connectivity index (χ1n) is 11.8. The molecule has 176 valence electrons. The summed E-state index contributed by atoms with van der Waals surface area (Å²) in [6.45, 7) is 5.53. The van der Waals surface area contributed by atoms with Crippen LogP contribution in [0.3, 0.4) is 0 Å². The van der Waals surface area contributed by atoms with Crippen LogP contribution in [0.5, 0.6) is 0 Å². The number of thiophene rings is 1. The van der Waals surface area contributed by atoms with E-state index in [1.807, 2.05) is 67.3 Å². The maximum absolute atomic E-state index is 13.8. The standard InChI is InChI=1S/C28H27N5OS/c1-17-6-10-19(11-7-17)22-21(16-29)26(30)32-24-23(28(34)33-14-4-3-5-15-33)27(35-25(22)24)31-20-12-8-18(2)9-13-20/h6-13,31H,3-5,14-15H2,1-2H3,(H2,30,32). The summed E-state index contributed by atoms with van der Waals surface area (Å²) in [5, 5.41) is 14.1. The highest BCUT2D eigenvalue weighted by Crippen LogP contribution is 2.45. The van der Waals surface area contributed by atoms with E-state index in [0.717, 1.165) is 70.0 Å². The highest BCUT2D eigenvalue weighted by Gasteiger charge is 2.29. The zero-order valence-corrected chi connectivity index (χ0v) is 20.7. The van der Waals surface area contributed by atoms with Gasteiger partial charge < -0.3 is 16.0 Å². The number of anilines is 3. The van der Waals surface area contributed by atoms with E-state index in [1.165, 1.54) is 11.3 Å². The Kier molecular flexibility index (Phi) is 6.14. The van der Waals surface area contributed by atoms with Crippen LogP contribution >= 0.6 is 11.3 Å². The number of pyridine rings is 1. The molecule has 1 fully saturated rings. The maximum atomic E-state index is 13.8. The van der Waals surface area contributed by atoms with Crippen molar-refractivity contribution in [3.63, 3.8) is 0 Å². The van der Waals surface area contributed by atoms with Crippen molar-refractivity contribution in [2.24, 2.45) is 0 Å². The number of benzene rings is 2. The molecule has 3 N–H and O–H groups in total. The van der Waals surface area contributed by atoms with Gasteiger partial charge in [0.05, 0.1) is 10.2 Å². The first-order chi connectivity index (χ1) is 17.0. The molecule has 7 heteroatoms. The van der Waals surface area contributed by atoms with Gasteiger partial charge in [-0.15, -0.1) is 11.3 Å². The quantitative estimate of drug-likeness (QED) is 0.351. The normalized spacial score (nSPS) is 13.6. The number of nitrogens with zero attached hydrogens (tertiary/aromatic N) is 3. The minimum Gasteiger partial charge on any atom is -0.383 e. The molecule has 2 aromatic heterocycles. The van der Waals surface area contributed by atoms with Crippen molar-refractivity contribution in [3.05, 3.63) is 70.8 Å². The molecule has 0 radical (unpaired) electrons. The van der Waals surface area contributed by atoms with Crippen LogP contribution in [0.15, 0.2) is 48.5 Å².